The average molecular weight is 519 g/mol. The summed E-state index contributed by atoms with van der Waals surface area (Å²) in [6, 6.07) is 9.82. The van der Waals surface area contributed by atoms with E-state index >= 15 is 0 Å². The van der Waals surface area contributed by atoms with Crippen LogP contribution in [0.2, 0.25) is 18.1 Å². The maximum absolute atomic E-state index is 13.0. The van der Waals surface area contributed by atoms with Gasteiger partial charge in [0.05, 0.1) is 12.6 Å². The molecule has 1 aromatic rings. The summed E-state index contributed by atoms with van der Waals surface area (Å²) >= 11 is 0. The molecular weight excluding hydrogens is 472 g/mol. The number of rotatable bonds is 7. The highest BCUT2D eigenvalue weighted by atomic mass is 28.4. The van der Waals surface area contributed by atoms with Crippen LogP contribution in [0.4, 0.5) is 9.59 Å². The fourth-order valence-electron chi connectivity index (χ4n) is 4.48. The molecule has 0 aliphatic carbocycles. The fourth-order valence-corrected chi connectivity index (χ4v) is 5.50. The Labute approximate surface area is 218 Å². The molecule has 2 aliphatic heterocycles. The van der Waals surface area contributed by atoms with E-state index in [1.54, 1.807) is 4.90 Å². The molecule has 202 valence electrons. The lowest BCUT2D eigenvalue weighted by atomic mass is 9.93. The van der Waals surface area contributed by atoms with Crippen molar-refractivity contribution in [3.8, 4) is 0 Å². The van der Waals surface area contributed by atoms with Crippen LogP contribution in [-0.2, 0) is 13.9 Å². The summed E-state index contributed by atoms with van der Waals surface area (Å²) in [5.74, 6) is 0.453. The second-order valence-electron chi connectivity index (χ2n) is 12.7. The lowest BCUT2D eigenvalue weighted by Crippen LogP contribution is -2.47. The van der Waals surface area contributed by atoms with E-state index in [-0.39, 0.29) is 29.4 Å². The minimum absolute atomic E-state index is 0.0889. The largest absolute Gasteiger partial charge is 0.444 e. The quantitative estimate of drug-likeness (QED) is 0.380. The van der Waals surface area contributed by atoms with Crippen molar-refractivity contribution >= 4 is 20.5 Å². The van der Waals surface area contributed by atoms with E-state index < -0.39 is 13.9 Å². The zero-order valence-corrected chi connectivity index (χ0v) is 24.5. The predicted molar refractivity (Wildman–Crippen MR) is 144 cm³/mol. The SMILES string of the molecule is CC(C)(C)OC(=O)N1CCC(CCN2C(=O)O[C@@H](c3ccccc3)[C@H]2CO[Si](C)(C)C(C)(C)C)CC1. The van der Waals surface area contributed by atoms with Crippen molar-refractivity contribution in [1.82, 2.24) is 9.80 Å². The highest BCUT2D eigenvalue weighted by Gasteiger charge is 2.45. The third kappa shape index (κ3) is 7.25. The second kappa shape index (κ2) is 11.1. The van der Waals surface area contributed by atoms with Crippen LogP contribution >= 0.6 is 0 Å². The molecule has 0 aromatic heterocycles. The predicted octanol–water partition coefficient (Wildman–Crippen LogP) is 6.61. The first-order chi connectivity index (χ1) is 16.7. The van der Waals surface area contributed by atoms with E-state index in [2.05, 4.69) is 33.9 Å². The lowest BCUT2D eigenvalue weighted by molar-refractivity contribution is 0.0178. The van der Waals surface area contributed by atoms with Crippen LogP contribution in [-0.4, -0.2) is 68.2 Å². The average Bonchev–Trinajstić information content (AvgIpc) is 3.10. The first-order valence-corrected chi connectivity index (χ1v) is 16.2. The molecule has 8 heteroatoms. The fraction of sp³-hybridized carbons (Fsp3) is 0.714. The van der Waals surface area contributed by atoms with Crippen molar-refractivity contribution in [2.45, 2.75) is 96.7 Å². The molecular formula is C28H46N2O5Si. The van der Waals surface area contributed by atoms with Crippen LogP contribution in [0.3, 0.4) is 0 Å². The van der Waals surface area contributed by atoms with Crippen LogP contribution < -0.4 is 0 Å². The van der Waals surface area contributed by atoms with E-state index in [1.807, 2.05) is 56.0 Å². The molecule has 2 atom stereocenters. The molecule has 2 heterocycles. The molecule has 3 rings (SSSR count). The topological polar surface area (TPSA) is 68.3 Å². The number of amides is 2. The van der Waals surface area contributed by atoms with Crippen molar-refractivity contribution < 1.29 is 23.5 Å². The highest BCUT2D eigenvalue weighted by Crippen LogP contribution is 2.39. The van der Waals surface area contributed by atoms with Crippen molar-refractivity contribution in [2.24, 2.45) is 5.92 Å². The van der Waals surface area contributed by atoms with Gasteiger partial charge in [0.2, 0.25) is 0 Å². The molecule has 0 spiro atoms. The number of benzene rings is 1. The van der Waals surface area contributed by atoms with Gasteiger partial charge >= 0.3 is 12.2 Å². The molecule has 2 amide bonds. The van der Waals surface area contributed by atoms with Gasteiger partial charge in [0.1, 0.15) is 5.60 Å². The van der Waals surface area contributed by atoms with E-state index in [9.17, 15) is 9.59 Å². The number of nitrogens with zero attached hydrogens (tertiary/aromatic N) is 2. The van der Waals surface area contributed by atoms with Crippen LogP contribution in [0.15, 0.2) is 30.3 Å². The number of ether oxygens (including phenoxy) is 2. The second-order valence-corrected chi connectivity index (χ2v) is 17.6. The smallest absolute Gasteiger partial charge is 0.410 e. The van der Waals surface area contributed by atoms with E-state index in [1.165, 1.54) is 0 Å². The van der Waals surface area contributed by atoms with Gasteiger partial charge in [-0.2, -0.15) is 0 Å². The van der Waals surface area contributed by atoms with Gasteiger partial charge in [0.25, 0.3) is 0 Å². The number of likely N-dealkylation sites (tertiary alicyclic amines) is 1. The Morgan fingerprint density at radius 3 is 2.22 bits per heavy atom. The number of hydrogen-bond acceptors (Lipinski definition) is 5. The Morgan fingerprint density at radius 1 is 1.06 bits per heavy atom. The lowest BCUT2D eigenvalue weighted by Gasteiger charge is -2.38. The Morgan fingerprint density at radius 2 is 1.67 bits per heavy atom. The van der Waals surface area contributed by atoms with Gasteiger partial charge in [-0.25, -0.2) is 9.59 Å². The summed E-state index contributed by atoms with van der Waals surface area (Å²) < 4.78 is 18.0. The summed E-state index contributed by atoms with van der Waals surface area (Å²) in [4.78, 5) is 29.1. The number of cyclic esters (lactones) is 1. The Hall–Kier alpha value is -2.06. The normalized spacial score (nSPS) is 22.1. The Bertz CT molecular complexity index is 885. The van der Waals surface area contributed by atoms with Gasteiger partial charge in [0, 0.05) is 19.6 Å². The maximum atomic E-state index is 13.0. The van der Waals surface area contributed by atoms with Gasteiger partial charge in [-0.1, -0.05) is 51.1 Å². The summed E-state index contributed by atoms with van der Waals surface area (Å²) in [6.45, 7) is 19.3. The highest BCUT2D eigenvalue weighted by molar-refractivity contribution is 6.74. The van der Waals surface area contributed by atoms with E-state index in [0.717, 1.165) is 24.8 Å². The van der Waals surface area contributed by atoms with Crippen molar-refractivity contribution in [2.75, 3.05) is 26.2 Å². The number of carbonyl (C=O) groups excluding carboxylic acids is 2. The molecule has 0 unspecified atom stereocenters. The molecule has 0 radical (unpaired) electrons. The molecule has 1 aromatic carbocycles. The van der Waals surface area contributed by atoms with Crippen LogP contribution in [0.1, 0.15) is 72.5 Å². The Balaban J connectivity index is 1.63. The number of piperidine rings is 1. The summed E-state index contributed by atoms with van der Waals surface area (Å²) in [6.07, 6.45) is 1.87. The third-order valence-electron chi connectivity index (χ3n) is 7.81. The monoisotopic (exact) mass is 518 g/mol. The summed E-state index contributed by atoms with van der Waals surface area (Å²) in [5.41, 5.74) is 0.517. The van der Waals surface area contributed by atoms with E-state index in [0.29, 0.717) is 32.2 Å². The van der Waals surface area contributed by atoms with Crippen LogP contribution in [0.5, 0.6) is 0 Å². The molecule has 2 aliphatic rings. The molecule has 0 saturated carbocycles. The standard InChI is InChI=1S/C28H46N2O5Si/c1-27(2,3)35-25(31)29-17-14-21(15-18-29)16-19-30-23(20-33-36(7,8)28(4,5)6)24(34-26(30)32)22-12-10-9-11-13-22/h9-13,21,23-24H,14-20H2,1-8H3/t23-,24+/m1/s1. The molecule has 2 fully saturated rings. The zero-order valence-electron chi connectivity index (χ0n) is 23.5. The first-order valence-electron chi connectivity index (χ1n) is 13.3. The zero-order chi connectivity index (χ0) is 26.7. The van der Waals surface area contributed by atoms with Gasteiger partial charge < -0.3 is 18.8 Å². The van der Waals surface area contributed by atoms with Crippen molar-refractivity contribution in [1.29, 1.82) is 0 Å². The Kier molecular flexibility index (Phi) is 8.81. The summed E-state index contributed by atoms with van der Waals surface area (Å²) in [7, 11) is -1.99. The maximum Gasteiger partial charge on any atom is 0.410 e. The minimum atomic E-state index is -1.99. The van der Waals surface area contributed by atoms with Crippen LogP contribution in [0.25, 0.3) is 0 Å². The van der Waals surface area contributed by atoms with Crippen molar-refractivity contribution in [3.05, 3.63) is 35.9 Å². The van der Waals surface area contributed by atoms with Gasteiger partial charge in [-0.15, -0.1) is 0 Å². The summed E-state index contributed by atoms with van der Waals surface area (Å²) in [5, 5.41) is 0.0889. The van der Waals surface area contributed by atoms with Crippen molar-refractivity contribution in [3.63, 3.8) is 0 Å². The van der Waals surface area contributed by atoms with Gasteiger partial charge in [-0.3, -0.25) is 4.90 Å². The number of hydrogen-bond donors (Lipinski definition) is 0. The molecule has 36 heavy (non-hydrogen) atoms. The minimum Gasteiger partial charge on any atom is -0.444 e. The molecule has 0 bridgehead atoms. The third-order valence-corrected chi connectivity index (χ3v) is 12.3. The molecule has 0 N–H and O–H groups in total. The molecule has 7 nitrogen and oxygen atoms in total. The van der Waals surface area contributed by atoms with E-state index in [4.69, 9.17) is 13.9 Å². The first kappa shape index (κ1) is 28.5. The van der Waals surface area contributed by atoms with Gasteiger partial charge in [-0.05, 0) is 69.6 Å². The number of carbonyl (C=O) groups is 2. The van der Waals surface area contributed by atoms with Gasteiger partial charge in [0.15, 0.2) is 14.4 Å². The molecule has 2 saturated heterocycles. The van der Waals surface area contributed by atoms with Crippen LogP contribution in [0, 0.1) is 5.92 Å².